The zero-order chi connectivity index (χ0) is 21.0. The zero-order valence-electron chi connectivity index (χ0n) is 16.6. The SMILES string of the molecule is CCOC(=O)c1ccc(C(=O)Nc2nc(-c3cc(C)ccc3OC)cs2)nc1C. The number of methoxy groups -OCH3 is 1. The first-order valence-electron chi connectivity index (χ1n) is 8.99. The molecule has 3 rings (SSSR count). The van der Waals surface area contributed by atoms with Gasteiger partial charge >= 0.3 is 5.97 Å². The number of esters is 1. The molecule has 1 aromatic carbocycles. The fourth-order valence-electron chi connectivity index (χ4n) is 2.75. The van der Waals surface area contributed by atoms with Crippen molar-refractivity contribution in [3.05, 3.63) is 58.2 Å². The largest absolute Gasteiger partial charge is 0.496 e. The molecular formula is C21H21N3O4S. The van der Waals surface area contributed by atoms with E-state index in [4.69, 9.17) is 9.47 Å². The smallest absolute Gasteiger partial charge is 0.339 e. The van der Waals surface area contributed by atoms with Crippen LogP contribution in [-0.4, -0.2) is 35.6 Å². The lowest BCUT2D eigenvalue weighted by atomic mass is 10.1. The Morgan fingerprint density at radius 2 is 1.93 bits per heavy atom. The Labute approximate surface area is 172 Å². The molecule has 29 heavy (non-hydrogen) atoms. The summed E-state index contributed by atoms with van der Waals surface area (Å²) < 4.78 is 10.4. The number of ether oxygens (including phenoxy) is 2. The first kappa shape index (κ1) is 20.5. The van der Waals surface area contributed by atoms with Gasteiger partial charge in [-0.2, -0.15) is 0 Å². The average Bonchev–Trinajstić information content (AvgIpc) is 3.16. The van der Waals surface area contributed by atoms with E-state index < -0.39 is 11.9 Å². The molecule has 1 N–H and O–H groups in total. The first-order chi connectivity index (χ1) is 13.9. The van der Waals surface area contributed by atoms with Crippen LogP contribution in [0, 0.1) is 13.8 Å². The summed E-state index contributed by atoms with van der Waals surface area (Å²) in [6.07, 6.45) is 0. The predicted octanol–water partition coefficient (Wildman–Crippen LogP) is 4.26. The highest BCUT2D eigenvalue weighted by atomic mass is 32.1. The van der Waals surface area contributed by atoms with Crippen LogP contribution >= 0.6 is 11.3 Å². The fourth-order valence-corrected chi connectivity index (χ4v) is 3.46. The lowest BCUT2D eigenvalue weighted by molar-refractivity contribution is 0.0524. The van der Waals surface area contributed by atoms with E-state index in [9.17, 15) is 9.59 Å². The molecule has 0 spiro atoms. The third kappa shape index (κ3) is 4.60. The van der Waals surface area contributed by atoms with Crippen LogP contribution in [0.2, 0.25) is 0 Å². The van der Waals surface area contributed by atoms with Crippen LogP contribution in [-0.2, 0) is 4.74 Å². The Hall–Kier alpha value is -3.26. The molecule has 0 fully saturated rings. The number of nitrogens with one attached hydrogen (secondary N) is 1. The number of anilines is 1. The van der Waals surface area contributed by atoms with Crippen molar-refractivity contribution in [3.63, 3.8) is 0 Å². The Balaban J connectivity index is 1.78. The summed E-state index contributed by atoms with van der Waals surface area (Å²) in [5.74, 6) is -0.146. The Morgan fingerprint density at radius 1 is 1.14 bits per heavy atom. The summed E-state index contributed by atoms with van der Waals surface area (Å²) in [5, 5.41) is 5.05. The Bertz CT molecular complexity index is 1060. The van der Waals surface area contributed by atoms with Crippen molar-refractivity contribution in [2.24, 2.45) is 0 Å². The highest BCUT2D eigenvalue weighted by Gasteiger charge is 2.17. The molecule has 0 aliphatic heterocycles. The minimum absolute atomic E-state index is 0.195. The van der Waals surface area contributed by atoms with E-state index in [1.54, 1.807) is 27.0 Å². The summed E-state index contributed by atoms with van der Waals surface area (Å²) in [5.41, 5.74) is 3.62. The molecule has 8 heteroatoms. The predicted molar refractivity (Wildman–Crippen MR) is 112 cm³/mol. The van der Waals surface area contributed by atoms with E-state index in [2.05, 4.69) is 15.3 Å². The molecule has 0 unspecified atom stereocenters. The number of thiazole rings is 1. The molecule has 0 bridgehead atoms. The van der Waals surface area contributed by atoms with Crippen LogP contribution in [0.25, 0.3) is 11.3 Å². The normalized spacial score (nSPS) is 10.5. The van der Waals surface area contributed by atoms with Crippen LogP contribution in [0.5, 0.6) is 5.75 Å². The lowest BCUT2D eigenvalue weighted by Crippen LogP contribution is -2.16. The Morgan fingerprint density at radius 3 is 2.62 bits per heavy atom. The molecule has 0 saturated carbocycles. The van der Waals surface area contributed by atoms with Gasteiger partial charge in [-0.3, -0.25) is 10.1 Å². The number of amides is 1. The molecule has 0 aliphatic rings. The van der Waals surface area contributed by atoms with Gasteiger partial charge in [0, 0.05) is 10.9 Å². The number of hydrogen-bond donors (Lipinski definition) is 1. The second kappa shape index (κ2) is 8.83. The highest BCUT2D eigenvalue weighted by molar-refractivity contribution is 7.14. The molecular weight excluding hydrogens is 390 g/mol. The number of hydrogen-bond acceptors (Lipinski definition) is 7. The van der Waals surface area contributed by atoms with Gasteiger partial charge in [0.1, 0.15) is 11.4 Å². The van der Waals surface area contributed by atoms with Crippen LogP contribution in [0.1, 0.15) is 39.0 Å². The van der Waals surface area contributed by atoms with Gasteiger partial charge in [0.15, 0.2) is 5.13 Å². The number of aromatic nitrogens is 2. The topological polar surface area (TPSA) is 90.4 Å². The third-order valence-corrected chi connectivity index (χ3v) is 4.93. The van der Waals surface area contributed by atoms with Crippen LogP contribution in [0.3, 0.4) is 0 Å². The second-order valence-corrected chi connectivity index (χ2v) is 7.10. The second-order valence-electron chi connectivity index (χ2n) is 6.25. The maximum atomic E-state index is 12.5. The fraction of sp³-hybridized carbons (Fsp3) is 0.238. The van der Waals surface area contributed by atoms with Crippen molar-refractivity contribution < 1.29 is 19.1 Å². The maximum Gasteiger partial charge on any atom is 0.339 e. The average molecular weight is 411 g/mol. The van der Waals surface area contributed by atoms with Crippen molar-refractivity contribution in [3.8, 4) is 17.0 Å². The number of carbonyl (C=O) groups excluding carboxylic acids is 2. The molecule has 7 nitrogen and oxygen atoms in total. The molecule has 150 valence electrons. The molecule has 2 heterocycles. The van der Waals surface area contributed by atoms with Crippen molar-refractivity contribution in [1.82, 2.24) is 9.97 Å². The third-order valence-electron chi connectivity index (χ3n) is 4.17. The molecule has 0 radical (unpaired) electrons. The van der Waals surface area contributed by atoms with E-state index in [1.165, 1.54) is 17.4 Å². The van der Waals surface area contributed by atoms with Crippen molar-refractivity contribution in [1.29, 1.82) is 0 Å². The van der Waals surface area contributed by atoms with Crippen molar-refractivity contribution in [2.45, 2.75) is 20.8 Å². The standard InChI is InChI=1S/C21H21N3O4S/c1-5-28-20(26)14-7-8-16(22-13(14)3)19(25)24-21-23-17(11-29-21)15-10-12(2)6-9-18(15)27-4/h6-11H,5H2,1-4H3,(H,23,24,25). The quantitative estimate of drug-likeness (QED) is 0.610. The van der Waals surface area contributed by atoms with Gasteiger partial charge in [-0.05, 0) is 45.0 Å². The molecule has 3 aromatic rings. The monoisotopic (exact) mass is 411 g/mol. The molecule has 2 aromatic heterocycles. The van der Waals surface area contributed by atoms with E-state index in [0.29, 0.717) is 27.8 Å². The van der Waals surface area contributed by atoms with Crippen molar-refractivity contribution in [2.75, 3.05) is 19.0 Å². The number of benzene rings is 1. The minimum Gasteiger partial charge on any atom is -0.496 e. The summed E-state index contributed by atoms with van der Waals surface area (Å²) in [7, 11) is 1.61. The van der Waals surface area contributed by atoms with Crippen LogP contribution in [0.15, 0.2) is 35.7 Å². The van der Waals surface area contributed by atoms with Gasteiger partial charge < -0.3 is 9.47 Å². The molecule has 0 aliphatic carbocycles. The minimum atomic E-state index is -0.457. The molecule has 1 amide bonds. The number of nitrogens with zero attached hydrogens (tertiary/aromatic N) is 2. The number of pyridine rings is 1. The summed E-state index contributed by atoms with van der Waals surface area (Å²) in [6.45, 7) is 5.66. The van der Waals surface area contributed by atoms with E-state index in [1.807, 2.05) is 30.5 Å². The van der Waals surface area contributed by atoms with E-state index >= 15 is 0 Å². The van der Waals surface area contributed by atoms with E-state index in [-0.39, 0.29) is 12.3 Å². The lowest BCUT2D eigenvalue weighted by Gasteiger charge is -2.07. The number of rotatable bonds is 6. The number of carbonyl (C=O) groups is 2. The van der Waals surface area contributed by atoms with Gasteiger partial charge in [0.2, 0.25) is 0 Å². The number of aryl methyl sites for hydroxylation is 2. The Kier molecular flexibility index (Phi) is 6.23. The van der Waals surface area contributed by atoms with Gasteiger partial charge in [-0.15, -0.1) is 11.3 Å². The van der Waals surface area contributed by atoms with Crippen molar-refractivity contribution >= 4 is 28.3 Å². The summed E-state index contributed by atoms with van der Waals surface area (Å²) in [6, 6.07) is 8.87. The van der Waals surface area contributed by atoms with Gasteiger partial charge in [-0.25, -0.2) is 14.8 Å². The molecule has 0 atom stereocenters. The maximum absolute atomic E-state index is 12.5. The molecule has 0 saturated heterocycles. The van der Waals surface area contributed by atoms with Gasteiger partial charge in [0.25, 0.3) is 5.91 Å². The first-order valence-corrected chi connectivity index (χ1v) is 9.87. The summed E-state index contributed by atoms with van der Waals surface area (Å²) in [4.78, 5) is 33.1. The van der Waals surface area contributed by atoms with E-state index in [0.717, 1.165) is 11.1 Å². The summed E-state index contributed by atoms with van der Waals surface area (Å²) >= 11 is 1.31. The van der Waals surface area contributed by atoms with Gasteiger partial charge in [-0.1, -0.05) is 11.6 Å². The van der Waals surface area contributed by atoms with Crippen LogP contribution in [0.4, 0.5) is 5.13 Å². The highest BCUT2D eigenvalue weighted by Crippen LogP contribution is 2.33. The van der Waals surface area contributed by atoms with Gasteiger partial charge in [0.05, 0.1) is 30.7 Å². The zero-order valence-corrected chi connectivity index (χ0v) is 17.4. The van der Waals surface area contributed by atoms with Crippen LogP contribution < -0.4 is 10.1 Å².